The van der Waals surface area contributed by atoms with Gasteiger partial charge in [0.1, 0.15) is 0 Å². The molecule has 0 aromatic heterocycles. The van der Waals surface area contributed by atoms with Gasteiger partial charge >= 0.3 is 5.97 Å². The first kappa shape index (κ1) is 21.2. The molecular formula is C22H26N2O4. The molecule has 2 amide bonds. The van der Waals surface area contributed by atoms with Crippen molar-refractivity contribution in [2.45, 2.75) is 34.1 Å². The third kappa shape index (κ3) is 6.23. The molecule has 6 nitrogen and oxygen atoms in total. The van der Waals surface area contributed by atoms with Crippen molar-refractivity contribution in [3.05, 3.63) is 64.2 Å². The van der Waals surface area contributed by atoms with E-state index in [1.54, 1.807) is 0 Å². The van der Waals surface area contributed by atoms with Crippen LogP contribution in [-0.2, 0) is 25.5 Å². The average molecular weight is 382 g/mol. The third-order valence-corrected chi connectivity index (χ3v) is 4.35. The van der Waals surface area contributed by atoms with Gasteiger partial charge in [0.05, 0.1) is 13.0 Å². The monoisotopic (exact) mass is 382 g/mol. The number of aryl methyl sites for hydroxylation is 4. The van der Waals surface area contributed by atoms with E-state index in [2.05, 4.69) is 10.6 Å². The molecule has 0 spiro atoms. The van der Waals surface area contributed by atoms with Crippen LogP contribution in [0.1, 0.15) is 27.8 Å². The van der Waals surface area contributed by atoms with Gasteiger partial charge in [0, 0.05) is 5.69 Å². The van der Waals surface area contributed by atoms with Gasteiger partial charge in [0.2, 0.25) is 5.91 Å². The Kier molecular flexibility index (Phi) is 7.32. The number of nitrogens with one attached hydrogen (secondary N) is 2. The Morgan fingerprint density at radius 3 is 2.18 bits per heavy atom. The highest BCUT2D eigenvalue weighted by Crippen LogP contribution is 2.21. The molecule has 28 heavy (non-hydrogen) atoms. The number of amides is 2. The zero-order valence-corrected chi connectivity index (χ0v) is 16.7. The number of ether oxygens (including phenoxy) is 1. The first-order valence-corrected chi connectivity index (χ1v) is 9.10. The highest BCUT2D eigenvalue weighted by Gasteiger charge is 2.12. The molecule has 0 aliphatic rings. The Hall–Kier alpha value is -3.15. The van der Waals surface area contributed by atoms with Gasteiger partial charge in [0.15, 0.2) is 6.61 Å². The van der Waals surface area contributed by atoms with Crippen molar-refractivity contribution in [1.29, 1.82) is 0 Å². The van der Waals surface area contributed by atoms with Crippen LogP contribution in [0.4, 0.5) is 5.69 Å². The van der Waals surface area contributed by atoms with E-state index in [-0.39, 0.29) is 18.9 Å². The van der Waals surface area contributed by atoms with E-state index < -0.39 is 18.5 Å². The summed E-state index contributed by atoms with van der Waals surface area (Å²) in [4.78, 5) is 35.8. The molecule has 0 radical (unpaired) electrons. The van der Waals surface area contributed by atoms with Crippen molar-refractivity contribution in [2.75, 3.05) is 18.5 Å². The second kappa shape index (κ2) is 9.69. The van der Waals surface area contributed by atoms with Crippen LogP contribution in [0.25, 0.3) is 0 Å². The lowest BCUT2D eigenvalue weighted by atomic mass is 10.1. The maximum absolute atomic E-state index is 12.1. The van der Waals surface area contributed by atoms with Crippen LogP contribution in [0.3, 0.4) is 0 Å². The number of esters is 1. The second-order valence-corrected chi connectivity index (χ2v) is 6.86. The van der Waals surface area contributed by atoms with E-state index in [0.29, 0.717) is 0 Å². The van der Waals surface area contributed by atoms with Gasteiger partial charge in [0.25, 0.3) is 5.91 Å². The zero-order valence-electron chi connectivity index (χ0n) is 16.7. The maximum atomic E-state index is 12.1. The van der Waals surface area contributed by atoms with Gasteiger partial charge in [-0.3, -0.25) is 14.4 Å². The lowest BCUT2D eigenvalue weighted by molar-refractivity contribution is -0.147. The molecule has 2 aromatic rings. The van der Waals surface area contributed by atoms with Crippen molar-refractivity contribution < 1.29 is 19.1 Å². The van der Waals surface area contributed by atoms with E-state index in [4.69, 9.17) is 4.74 Å². The van der Waals surface area contributed by atoms with Crippen molar-refractivity contribution >= 4 is 23.5 Å². The predicted octanol–water partition coefficient (Wildman–Crippen LogP) is 2.76. The fraction of sp³-hybridized carbons (Fsp3) is 0.318. The van der Waals surface area contributed by atoms with Gasteiger partial charge in [-0.25, -0.2) is 0 Å². The Morgan fingerprint density at radius 1 is 0.893 bits per heavy atom. The summed E-state index contributed by atoms with van der Waals surface area (Å²) in [5.74, 6) is -1.35. The lowest BCUT2D eigenvalue weighted by Gasteiger charge is -2.13. The Balaban J connectivity index is 1.75. The fourth-order valence-electron chi connectivity index (χ4n) is 2.95. The number of carbonyl (C=O) groups is 3. The number of benzene rings is 2. The van der Waals surface area contributed by atoms with E-state index in [0.717, 1.165) is 33.5 Å². The van der Waals surface area contributed by atoms with Crippen molar-refractivity contribution in [3.8, 4) is 0 Å². The molecule has 0 atom stereocenters. The molecule has 2 N–H and O–H groups in total. The molecule has 0 fully saturated rings. The Morgan fingerprint density at radius 2 is 1.54 bits per heavy atom. The molecule has 2 aromatic carbocycles. The highest BCUT2D eigenvalue weighted by molar-refractivity contribution is 5.96. The smallest absolute Gasteiger partial charge is 0.310 e. The van der Waals surface area contributed by atoms with Crippen LogP contribution in [0.15, 0.2) is 36.4 Å². The standard InChI is InChI=1S/C22H26N2O4/c1-14-9-16(3)22(17(4)10-14)24-19(25)12-23-20(26)13-28-21(27)11-18-8-6-5-7-15(18)2/h5-10H,11-13H2,1-4H3,(H,23,26)(H,24,25). The predicted molar refractivity (Wildman–Crippen MR) is 108 cm³/mol. The normalized spacial score (nSPS) is 10.3. The summed E-state index contributed by atoms with van der Waals surface area (Å²) in [5.41, 5.74) is 5.63. The largest absolute Gasteiger partial charge is 0.455 e. The van der Waals surface area contributed by atoms with E-state index in [1.165, 1.54) is 0 Å². The SMILES string of the molecule is Cc1cc(C)c(NC(=O)CNC(=O)COC(=O)Cc2ccccc2C)c(C)c1. The zero-order chi connectivity index (χ0) is 20.7. The summed E-state index contributed by atoms with van der Waals surface area (Å²) in [6, 6.07) is 11.5. The summed E-state index contributed by atoms with van der Waals surface area (Å²) >= 11 is 0. The molecule has 0 aliphatic carbocycles. The van der Waals surface area contributed by atoms with Crippen LogP contribution in [0.2, 0.25) is 0 Å². The molecule has 0 unspecified atom stereocenters. The van der Waals surface area contributed by atoms with Gasteiger partial charge in [-0.2, -0.15) is 0 Å². The van der Waals surface area contributed by atoms with Crippen LogP contribution in [0.5, 0.6) is 0 Å². The first-order valence-electron chi connectivity index (χ1n) is 9.10. The second-order valence-electron chi connectivity index (χ2n) is 6.86. The molecule has 2 rings (SSSR count). The lowest BCUT2D eigenvalue weighted by Crippen LogP contribution is -2.36. The van der Waals surface area contributed by atoms with Gasteiger partial charge < -0.3 is 15.4 Å². The van der Waals surface area contributed by atoms with Gasteiger partial charge in [-0.1, -0.05) is 42.0 Å². The molecule has 0 heterocycles. The summed E-state index contributed by atoms with van der Waals surface area (Å²) in [6.45, 7) is 7.13. The number of anilines is 1. The minimum Gasteiger partial charge on any atom is -0.455 e. The summed E-state index contributed by atoms with van der Waals surface area (Å²) in [5, 5.41) is 5.26. The minimum absolute atomic E-state index is 0.104. The summed E-state index contributed by atoms with van der Waals surface area (Å²) in [7, 11) is 0. The average Bonchev–Trinajstić information content (AvgIpc) is 2.63. The van der Waals surface area contributed by atoms with Crippen molar-refractivity contribution in [3.63, 3.8) is 0 Å². The molecule has 148 valence electrons. The van der Waals surface area contributed by atoms with Crippen molar-refractivity contribution in [2.24, 2.45) is 0 Å². The molecule has 0 saturated carbocycles. The highest BCUT2D eigenvalue weighted by atomic mass is 16.5. The van der Waals surface area contributed by atoms with E-state index in [9.17, 15) is 14.4 Å². The van der Waals surface area contributed by atoms with Gasteiger partial charge in [-0.15, -0.1) is 0 Å². The number of hydrogen-bond acceptors (Lipinski definition) is 4. The number of hydrogen-bond donors (Lipinski definition) is 2. The summed E-state index contributed by atoms with van der Waals surface area (Å²) < 4.78 is 4.98. The van der Waals surface area contributed by atoms with Gasteiger partial charge in [-0.05, 0) is 49.9 Å². The van der Waals surface area contributed by atoms with E-state index in [1.807, 2.05) is 64.1 Å². The van der Waals surface area contributed by atoms with Crippen LogP contribution < -0.4 is 10.6 Å². The fourth-order valence-corrected chi connectivity index (χ4v) is 2.95. The molecule has 0 aliphatic heterocycles. The Labute approximate surface area is 165 Å². The Bertz CT molecular complexity index is 867. The van der Waals surface area contributed by atoms with Crippen LogP contribution >= 0.6 is 0 Å². The summed E-state index contributed by atoms with van der Waals surface area (Å²) in [6.07, 6.45) is 0.104. The van der Waals surface area contributed by atoms with Crippen LogP contribution in [-0.4, -0.2) is 30.9 Å². The number of carbonyl (C=O) groups excluding carboxylic acids is 3. The van der Waals surface area contributed by atoms with E-state index >= 15 is 0 Å². The van der Waals surface area contributed by atoms with Crippen LogP contribution in [0, 0.1) is 27.7 Å². The quantitative estimate of drug-likeness (QED) is 0.721. The molecular weight excluding hydrogens is 356 g/mol. The first-order chi connectivity index (χ1) is 13.3. The molecule has 0 saturated heterocycles. The molecule has 0 bridgehead atoms. The minimum atomic E-state index is -0.523. The number of rotatable bonds is 7. The third-order valence-electron chi connectivity index (χ3n) is 4.35. The van der Waals surface area contributed by atoms with Crippen molar-refractivity contribution in [1.82, 2.24) is 5.32 Å². The topological polar surface area (TPSA) is 84.5 Å². The maximum Gasteiger partial charge on any atom is 0.310 e. The molecule has 6 heteroatoms.